The highest BCUT2D eigenvalue weighted by Crippen LogP contribution is 2.31. The van der Waals surface area contributed by atoms with Gasteiger partial charge in [-0.1, -0.05) is 30.3 Å². The molecule has 4 nitrogen and oxygen atoms in total. The lowest BCUT2D eigenvalue weighted by Crippen LogP contribution is -2.10. The van der Waals surface area contributed by atoms with Crippen LogP contribution in [0.3, 0.4) is 0 Å². The number of aromatic nitrogens is 2. The smallest absolute Gasteiger partial charge is 0.128 e. The molecule has 0 atom stereocenters. The van der Waals surface area contributed by atoms with E-state index in [4.69, 9.17) is 4.74 Å². The number of rotatable bonds is 4. The number of nitrogens with zero attached hydrogens (tertiary/aromatic N) is 3. The first-order valence-corrected chi connectivity index (χ1v) is 7.44. The van der Waals surface area contributed by atoms with E-state index < -0.39 is 0 Å². The Balaban J connectivity index is 2.00. The Labute approximate surface area is 136 Å². The van der Waals surface area contributed by atoms with Crippen molar-refractivity contribution in [3.8, 4) is 28.3 Å². The first-order chi connectivity index (χ1) is 11.2. The monoisotopic (exact) mass is 305 g/mol. The van der Waals surface area contributed by atoms with Crippen molar-refractivity contribution in [2.45, 2.75) is 0 Å². The lowest BCUT2D eigenvalue weighted by atomic mass is 10.1. The SMILES string of the molecule is COc1ccccc1-c1ccc(-c2ccccc2N(C)C)nn1. The Hall–Kier alpha value is -2.88. The van der Waals surface area contributed by atoms with Crippen LogP contribution in [0.15, 0.2) is 60.7 Å². The van der Waals surface area contributed by atoms with Gasteiger partial charge in [-0.15, -0.1) is 10.2 Å². The van der Waals surface area contributed by atoms with Crippen LogP contribution in [0.25, 0.3) is 22.5 Å². The number of para-hydroxylation sites is 2. The average molecular weight is 305 g/mol. The Morgan fingerprint density at radius 2 is 1.30 bits per heavy atom. The molecule has 0 radical (unpaired) electrons. The molecule has 0 saturated carbocycles. The summed E-state index contributed by atoms with van der Waals surface area (Å²) in [6.07, 6.45) is 0. The van der Waals surface area contributed by atoms with E-state index in [1.807, 2.05) is 62.6 Å². The maximum atomic E-state index is 5.39. The van der Waals surface area contributed by atoms with Gasteiger partial charge in [-0.25, -0.2) is 0 Å². The Kier molecular flexibility index (Phi) is 4.24. The first kappa shape index (κ1) is 15.0. The molecule has 3 aromatic rings. The molecule has 2 aromatic carbocycles. The number of benzene rings is 2. The molecule has 0 amide bonds. The van der Waals surface area contributed by atoms with E-state index in [2.05, 4.69) is 27.2 Å². The van der Waals surface area contributed by atoms with Crippen LogP contribution in [0.1, 0.15) is 0 Å². The van der Waals surface area contributed by atoms with Gasteiger partial charge in [-0.3, -0.25) is 0 Å². The highest BCUT2D eigenvalue weighted by Gasteiger charge is 2.10. The second-order valence-corrected chi connectivity index (χ2v) is 5.42. The molecule has 0 aliphatic rings. The van der Waals surface area contributed by atoms with Gasteiger partial charge in [-0.2, -0.15) is 0 Å². The van der Waals surface area contributed by atoms with Gasteiger partial charge in [0.2, 0.25) is 0 Å². The maximum Gasteiger partial charge on any atom is 0.128 e. The standard InChI is InChI=1S/C19H19N3O/c1-22(2)18-10-6-4-8-14(18)16-12-13-17(21-20-16)15-9-5-7-11-19(15)23-3/h4-13H,1-3H3. The van der Waals surface area contributed by atoms with Gasteiger partial charge >= 0.3 is 0 Å². The van der Waals surface area contributed by atoms with Crippen molar-refractivity contribution in [1.82, 2.24) is 10.2 Å². The minimum atomic E-state index is 0.795. The molecule has 0 aliphatic carbocycles. The normalized spacial score (nSPS) is 10.4. The van der Waals surface area contributed by atoms with Crippen LogP contribution in [0, 0.1) is 0 Å². The Morgan fingerprint density at radius 1 is 0.739 bits per heavy atom. The number of anilines is 1. The van der Waals surface area contributed by atoms with Crippen molar-refractivity contribution < 1.29 is 4.74 Å². The topological polar surface area (TPSA) is 38.2 Å². The van der Waals surface area contributed by atoms with Crippen LogP contribution in [-0.2, 0) is 0 Å². The van der Waals surface area contributed by atoms with Gasteiger partial charge in [0.15, 0.2) is 0 Å². The second kappa shape index (κ2) is 6.48. The van der Waals surface area contributed by atoms with E-state index in [0.29, 0.717) is 0 Å². The number of ether oxygens (including phenoxy) is 1. The fourth-order valence-electron chi connectivity index (χ4n) is 2.56. The van der Waals surface area contributed by atoms with Crippen LogP contribution >= 0.6 is 0 Å². The van der Waals surface area contributed by atoms with Gasteiger partial charge in [0, 0.05) is 30.9 Å². The predicted molar refractivity (Wildman–Crippen MR) is 93.8 cm³/mol. The van der Waals surface area contributed by atoms with Gasteiger partial charge in [0.25, 0.3) is 0 Å². The molecule has 1 aromatic heterocycles. The van der Waals surface area contributed by atoms with E-state index in [9.17, 15) is 0 Å². The first-order valence-electron chi connectivity index (χ1n) is 7.44. The van der Waals surface area contributed by atoms with Gasteiger partial charge in [0.1, 0.15) is 5.75 Å². The third-order valence-electron chi connectivity index (χ3n) is 3.71. The summed E-state index contributed by atoms with van der Waals surface area (Å²) in [5.74, 6) is 0.795. The molecule has 4 heteroatoms. The minimum Gasteiger partial charge on any atom is -0.496 e. The Bertz CT molecular complexity index is 798. The highest BCUT2D eigenvalue weighted by atomic mass is 16.5. The van der Waals surface area contributed by atoms with Crippen LogP contribution in [0.2, 0.25) is 0 Å². The molecule has 0 saturated heterocycles. The van der Waals surface area contributed by atoms with Gasteiger partial charge < -0.3 is 9.64 Å². The summed E-state index contributed by atoms with van der Waals surface area (Å²) in [6, 6.07) is 20.0. The molecule has 0 N–H and O–H groups in total. The van der Waals surface area contributed by atoms with Crippen molar-refractivity contribution in [2.75, 3.05) is 26.1 Å². The third kappa shape index (κ3) is 3.01. The molecule has 1 heterocycles. The van der Waals surface area contributed by atoms with E-state index in [1.165, 1.54) is 0 Å². The molecule has 0 aliphatic heterocycles. The molecular weight excluding hydrogens is 286 g/mol. The van der Waals surface area contributed by atoms with Crippen molar-refractivity contribution >= 4 is 5.69 Å². The summed E-state index contributed by atoms with van der Waals surface area (Å²) >= 11 is 0. The van der Waals surface area contributed by atoms with Crippen molar-refractivity contribution in [2.24, 2.45) is 0 Å². The van der Waals surface area contributed by atoms with E-state index in [-0.39, 0.29) is 0 Å². The molecule has 0 spiro atoms. The molecular formula is C19H19N3O. The number of hydrogen-bond acceptors (Lipinski definition) is 4. The largest absolute Gasteiger partial charge is 0.496 e. The van der Waals surface area contributed by atoms with Crippen LogP contribution in [0.5, 0.6) is 5.75 Å². The summed E-state index contributed by atoms with van der Waals surface area (Å²) in [4.78, 5) is 2.07. The van der Waals surface area contributed by atoms with E-state index in [0.717, 1.165) is 34.0 Å². The zero-order valence-corrected chi connectivity index (χ0v) is 13.5. The van der Waals surface area contributed by atoms with Crippen LogP contribution < -0.4 is 9.64 Å². The third-order valence-corrected chi connectivity index (χ3v) is 3.71. The van der Waals surface area contributed by atoms with Crippen molar-refractivity contribution in [3.05, 3.63) is 60.7 Å². The molecule has 0 bridgehead atoms. The average Bonchev–Trinajstić information content (AvgIpc) is 2.62. The summed E-state index contributed by atoms with van der Waals surface area (Å²) in [6.45, 7) is 0. The highest BCUT2D eigenvalue weighted by molar-refractivity contribution is 5.76. The fourth-order valence-corrected chi connectivity index (χ4v) is 2.56. The minimum absolute atomic E-state index is 0.795. The molecule has 3 rings (SSSR count). The summed E-state index contributed by atoms with van der Waals surface area (Å²) in [5.41, 5.74) is 4.78. The number of hydrogen-bond donors (Lipinski definition) is 0. The number of methoxy groups -OCH3 is 1. The van der Waals surface area contributed by atoms with Crippen LogP contribution in [0.4, 0.5) is 5.69 Å². The summed E-state index contributed by atoms with van der Waals surface area (Å²) < 4.78 is 5.39. The van der Waals surface area contributed by atoms with Gasteiger partial charge in [0.05, 0.1) is 18.5 Å². The van der Waals surface area contributed by atoms with E-state index in [1.54, 1.807) is 7.11 Å². The predicted octanol–water partition coefficient (Wildman–Crippen LogP) is 3.89. The Morgan fingerprint density at radius 3 is 1.91 bits per heavy atom. The molecule has 0 fully saturated rings. The zero-order chi connectivity index (χ0) is 16.2. The quantitative estimate of drug-likeness (QED) is 0.733. The van der Waals surface area contributed by atoms with Crippen LogP contribution in [-0.4, -0.2) is 31.4 Å². The fraction of sp³-hybridized carbons (Fsp3) is 0.158. The van der Waals surface area contributed by atoms with Crippen molar-refractivity contribution in [1.29, 1.82) is 0 Å². The molecule has 0 unspecified atom stereocenters. The van der Waals surface area contributed by atoms with Gasteiger partial charge in [-0.05, 0) is 30.3 Å². The molecule has 116 valence electrons. The zero-order valence-electron chi connectivity index (χ0n) is 13.5. The lowest BCUT2D eigenvalue weighted by molar-refractivity contribution is 0.416. The maximum absolute atomic E-state index is 5.39. The molecule has 23 heavy (non-hydrogen) atoms. The second-order valence-electron chi connectivity index (χ2n) is 5.42. The lowest BCUT2D eigenvalue weighted by Gasteiger charge is -2.16. The van der Waals surface area contributed by atoms with Crippen molar-refractivity contribution in [3.63, 3.8) is 0 Å². The summed E-state index contributed by atoms with van der Waals surface area (Å²) in [5, 5.41) is 8.80. The van der Waals surface area contributed by atoms with E-state index >= 15 is 0 Å². The summed E-state index contributed by atoms with van der Waals surface area (Å²) in [7, 11) is 5.71.